The molecule has 3 rings (SSSR count). The summed E-state index contributed by atoms with van der Waals surface area (Å²) in [5.74, 6) is 0.144. The first-order valence-corrected chi connectivity index (χ1v) is 6.33. The number of benzene rings is 1. The van der Waals surface area contributed by atoms with E-state index in [0.717, 1.165) is 5.56 Å². The topological polar surface area (TPSA) is 101 Å². The third-order valence-corrected chi connectivity index (χ3v) is 3.08. The molecule has 1 aromatic carbocycles. The van der Waals surface area contributed by atoms with E-state index >= 15 is 0 Å². The van der Waals surface area contributed by atoms with Crippen molar-refractivity contribution >= 4 is 5.91 Å². The molecule has 0 saturated heterocycles. The van der Waals surface area contributed by atoms with Gasteiger partial charge in [0.05, 0.1) is 0 Å². The van der Waals surface area contributed by atoms with Crippen LogP contribution in [0.5, 0.6) is 0 Å². The molecule has 8 nitrogen and oxygen atoms in total. The Morgan fingerprint density at radius 1 is 1.29 bits per heavy atom. The highest BCUT2D eigenvalue weighted by atomic mass is 16.2. The maximum Gasteiger partial charge on any atom is 0.270 e. The van der Waals surface area contributed by atoms with Gasteiger partial charge in [-0.15, -0.1) is 10.2 Å². The van der Waals surface area contributed by atoms with E-state index in [4.69, 9.17) is 0 Å². The first-order valence-electron chi connectivity index (χ1n) is 6.33. The summed E-state index contributed by atoms with van der Waals surface area (Å²) in [6, 6.07) is 10.6. The smallest absolute Gasteiger partial charge is 0.270 e. The molecule has 2 N–H and O–H groups in total. The van der Waals surface area contributed by atoms with E-state index in [2.05, 4.69) is 31.0 Å². The number of aryl methyl sites for hydroxylation is 1. The Morgan fingerprint density at radius 2 is 2.10 bits per heavy atom. The molecule has 0 aliphatic rings. The minimum absolute atomic E-state index is 0.256. The van der Waals surface area contributed by atoms with Crippen molar-refractivity contribution in [2.45, 2.75) is 6.04 Å². The van der Waals surface area contributed by atoms with E-state index in [1.54, 1.807) is 19.3 Å². The number of amides is 1. The lowest BCUT2D eigenvalue weighted by molar-refractivity contribution is 0.0932. The predicted octanol–water partition coefficient (Wildman–Crippen LogP) is 0.453. The van der Waals surface area contributed by atoms with Crippen molar-refractivity contribution < 1.29 is 4.79 Å². The van der Waals surface area contributed by atoms with Crippen LogP contribution >= 0.6 is 0 Å². The average Bonchev–Trinajstić information content (AvgIpc) is 3.17. The van der Waals surface area contributed by atoms with Crippen molar-refractivity contribution in [2.24, 2.45) is 7.05 Å². The zero-order valence-corrected chi connectivity index (χ0v) is 11.3. The number of hydrogen-bond acceptors (Lipinski definition) is 5. The highest BCUT2D eigenvalue weighted by molar-refractivity contribution is 5.92. The maximum atomic E-state index is 12.3. The molecule has 21 heavy (non-hydrogen) atoms. The maximum absolute atomic E-state index is 12.3. The molecule has 0 unspecified atom stereocenters. The molecule has 0 saturated carbocycles. The van der Waals surface area contributed by atoms with Gasteiger partial charge in [0.2, 0.25) is 5.82 Å². The van der Waals surface area contributed by atoms with Crippen molar-refractivity contribution in [1.82, 2.24) is 35.7 Å². The molecule has 2 heterocycles. The van der Waals surface area contributed by atoms with Gasteiger partial charge in [0.25, 0.3) is 5.91 Å². The summed E-state index contributed by atoms with van der Waals surface area (Å²) in [7, 11) is 1.71. The van der Waals surface area contributed by atoms with Gasteiger partial charge in [-0.3, -0.25) is 9.48 Å². The third-order valence-electron chi connectivity index (χ3n) is 3.08. The van der Waals surface area contributed by atoms with Crippen LogP contribution in [-0.4, -0.2) is 36.3 Å². The Morgan fingerprint density at radius 3 is 2.71 bits per heavy atom. The number of tetrazole rings is 1. The lowest BCUT2D eigenvalue weighted by Gasteiger charge is -2.15. The van der Waals surface area contributed by atoms with Gasteiger partial charge in [-0.25, -0.2) is 0 Å². The molecule has 0 bridgehead atoms. The number of aromatic nitrogens is 6. The van der Waals surface area contributed by atoms with Crippen LogP contribution in [0.1, 0.15) is 27.9 Å². The van der Waals surface area contributed by atoms with Crippen molar-refractivity contribution in [3.05, 3.63) is 59.7 Å². The summed E-state index contributed by atoms with van der Waals surface area (Å²) in [6.07, 6.45) is 1.57. The molecule has 0 spiro atoms. The lowest BCUT2D eigenvalue weighted by Crippen LogP contribution is -2.31. The second-order valence-corrected chi connectivity index (χ2v) is 4.43. The molecule has 0 aliphatic carbocycles. The first-order chi connectivity index (χ1) is 10.3. The van der Waals surface area contributed by atoms with Gasteiger partial charge in [-0.2, -0.15) is 10.3 Å². The molecule has 106 valence electrons. The Hall–Kier alpha value is -3.03. The van der Waals surface area contributed by atoms with Crippen LogP contribution in [0.3, 0.4) is 0 Å². The Kier molecular flexibility index (Phi) is 3.42. The van der Waals surface area contributed by atoms with Crippen LogP contribution in [0.2, 0.25) is 0 Å². The number of hydrogen-bond donors (Lipinski definition) is 2. The molecule has 0 radical (unpaired) electrons. The number of rotatable bonds is 4. The second kappa shape index (κ2) is 5.53. The molecule has 2 aromatic heterocycles. The van der Waals surface area contributed by atoms with Gasteiger partial charge < -0.3 is 5.32 Å². The van der Waals surface area contributed by atoms with Crippen molar-refractivity contribution in [3.63, 3.8) is 0 Å². The number of nitrogens with zero attached hydrogens (tertiary/aromatic N) is 5. The quantitative estimate of drug-likeness (QED) is 0.724. The van der Waals surface area contributed by atoms with Crippen LogP contribution in [0, 0.1) is 0 Å². The van der Waals surface area contributed by atoms with Crippen LogP contribution in [0.15, 0.2) is 42.6 Å². The van der Waals surface area contributed by atoms with Crippen LogP contribution in [0.4, 0.5) is 0 Å². The summed E-state index contributed by atoms with van der Waals surface area (Å²) < 4.78 is 1.51. The minimum atomic E-state index is -0.479. The van der Waals surface area contributed by atoms with Crippen molar-refractivity contribution in [1.29, 1.82) is 0 Å². The molecule has 1 atom stereocenters. The molecular weight excluding hydrogens is 270 g/mol. The summed E-state index contributed by atoms with van der Waals surface area (Å²) in [4.78, 5) is 12.3. The fourth-order valence-corrected chi connectivity index (χ4v) is 2.04. The van der Waals surface area contributed by atoms with E-state index < -0.39 is 6.04 Å². The molecular formula is C13H13N7O. The summed E-state index contributed by atoms with van der Waals surface area (Å²) in [6.45, 7) is 0. The van der Waals surface area contributed by atoms with E-state index in [0.29, 0.717) is 11.5 Å². The van der Waals surface area contributed by atoms with E-state index in [9.17, 15) is 4.79 Å². The highest BCUT2D eigenvalue weighted by Gasteiger charge is 2.22. The van der Waals surface area contributed by atoms with Crippen LogP contribution in [-0.2, 0) is 7.05 Å². The van der Waals surface area contributed by atoms with Gasteiger partial charge in [0, 0.05) is 13.2 Å². The zero-order chi connectivity index (χ0) is 14.7. The standard InChI is InChI=1S/C13H13N7O/c1-20-10(7-8-14-20)13(21)15-11(12-16-18-19-17-12)9-5-3-2-4-6-9/h2-8,11H,1H3,(H,15,21)(H,16,17,18,19)/t11-/m1/s1. The molecule has 3 aromatic rings. The van der Waals surface area contributed by atoms with Gasteiger partial charge in [0.15, 0.2) is 0 Å². The molecule has 0 fully saturated rings. The van der Waals surface area contributed by atoms with Gasteiger partial charge >= 0.3 is 0 Å². The molecule has 1 amide bonds. The fourth-order valence-electron chi connectivity index (χ4n) is 2.04. The minimum Gasteiger partial charge on any atom is -0.336 e. The SMILES string of the molecule is Cn1nccc1C(=O)N[C@H](c1ccccc1)c1nn[nH]n1. The Bertz CT molecular complexity index is 720. The summed E-state index contributed by atoms with van der Waals surface area (Å²) in [5.41, 5.74) is 1.33. The zero-order valence-electron chi connectivity index (χ0n) is 11.3. The highest BCUT2D eigenvalue weighted by Crippen LogP contribution is 2.18. The average molecular weight is 283 g/mol. The third kappa shape index (κ3) is 2.64. The largest absolute Gasteiger partial charge is 0.336 e. The monoisotopic (exact) mass is 283 g/mol. The second-order valence-electron chi connectivity index (χ2n) is 4.43. The normalized spacial score (nSPS) is 12.0. The fraction of sp³-hybridized carbons (Fsp3) is 0.154. The van der Waals surface area contributed by atoms with Crippen LogP contribution in [0.25, 0.3) is 0 Å². The molecule has 8 heteroatoms. The van der Waals surface area contributed by atoms with E-state index in [-0.39, 0.29) is 5.91 Å². The molecule has 0 aliphatic heterocycles. The number of H-pyrrole nitrogens is 1. The van der Waals surface area contributed by atoms with Crippen molar-refractivity contribution in [3.8, 4) is 0 Å². The summed E-state index contributed by atoms with van der Waals surface area (Å²) >= 11 is 0. The number of aromatic amines is 1. The van der Waals surface area contributed by atoms with E-state index in [1.165, 1.54) is 4.68 Å². The van der Waals surface area contributed by atoms with E-state index in [1.807, 2.05) is 30.3 Å². The Labute approximate surface area is 120 Å². The predicted molar refractivity (Wildman–Crippen MR) is 73.1 cm³/mol. The Balaban J connectivity index is 1.91. The number of carbonyl (C=O) groups excluding carboxylic acids is 1. The van der Waals surface area contributed by atoms with Gasteiger partial charge in [0.1, 0.15) is 11.7 Å². The summed E-state index contributed by atoms with van der Waals surface area (Å²) in [5, 5.41) is 20.8. The first kappa shape index (κ1) is 13.0. The number of nitrogens with one attached hydrogen (secondary N) is 2. The van der Waals surface area contributed by atoms with Gasteiger partial charge in [-0.1, -0.05) is 35.5 Å². The number of carbonyl (C=O) groups is 1. The van der Waals surface area contributed by atoms with Crippen LogP contribution < -0.4 is 5.32 Å². The van der Waals surface area contributed by atoms with Crippen molar-refractivity contribution in [2.75, 3.05) is 0 Å². The van der Waals surface area contributed by atoms with Gasteiger partial charge in [-0.05, 0) is 11.6 Å². The lowest BCUT2D eigenvalue weighted by atomic mass is 10.1.